The molecule has 0 unspecified atom stereocenters. The van der Waals surface area contributed by atoms with Crippen LogP contribution in [0, 0.1) is 0 Å². The molecular formula is C16H15NO. The van der Waals surface area contributed by atoms with Gasteiger partial charge in [0.25, 0.3) is 0 Å². The van der Waals surface area contributed by atoms with E-state index in [1.165, 1.54) is 0 Å². The van der Waals surface area contributed by atoms with Gasteiger partial charge in [0, 0.05) is 18.0 Å². The highest BCUT2D eigenvalue weighted by Gasteiger charge is 1.95. The first kappa shape index (κ1) is 12.1. The van der Waals surface area contributed by atoms with E-state index < -0.39 is 0 Å². The monoisotopic (exact) mass is 237 g/mol. The number of hydrogen-bond donors (Lipinski definition) is 1. The molecule has 1 aromatic heterocycles. The molecule has 0 amide bonds. The minimum Gasteiger partial charge on any atom is -0.507 e. The highest BCUT2D eigenvalue weighted by Crippen LogP contribution is 2.19. The molecule has 1 aromatic carbocycles. The van der Waals surface area contributed by atoms with Crippen molar-refractivity contribution >= 4 is 12.2 Å². The maximum absolute atomic E-state index is 9.67. The Morgan fingerprint density at radius 1 is 1.11 bits per heavy atom. The summed E-state index contributed by atoms with van der Waals surface area (Å²) < 4.78 is 0. The fraction of sp³-hybridized carbons (Fsp3) is 0.0625. The minimum absolute atomic E-state index is 0.300. The fourth-order valence-electron chi connectivity index (χ4n) is 1.61. The summed E-state index contributed by atoms with van der Waals surface area (Å²) in [5.74, 6) is 0.300. The first-order valence-corrected chi connectivity index (χ1v) is 5.80. The third kappa shape index (κ3) is 3.32. The molecule has 0 aliphatic heterocycles. The molecule has 1 N–H and O–H groups in total. The molecule has 0 saturated heterocycles. The van der Waals surface area contributed by atoms with E-state index in [2.05, 4.69) is 4.98 Å². The zero-order valence-corrected chi connectivity index (χ0v) is 10.2. The highest BCUT2D eigenvalue weighted by molar-refractivity contribution is 5.63. The zero-order chi connectivity index (χ0) is 12.8. The molecule has 90 valence electrons. The summed E-state index contributed by atoms with van der Waals surface area (Å²) in [6, 6.07) is 11.2. The third-order valence-electron chi connectivity index (χ3n) is 2.56. The van der Waals surface area contributed by atoms with E-state index in [1.54, 1.807) is 18.5 Å². The van der Waals surface area contributed by atoms with Crippen LogP contribution in [0.1, 0.15) is 18.1 Å². The van der Waals surface area contributed by atoms with Crippen LogP contribution >= 0.6 is 0 Å². The van der Waals surface area contributed by atoms with Crippen LogP contribution < -0.4 is 0 Å². The Balaban J connectivity index is 2.15. The topological polar surface area (TPSA) is 33.1 Å². The second kappa shape index (κ2) is 5.82. The Morgan fingerprint density at radius 2 is 1.83 bits per heavy atom. The summed E-state index contributed by atoms with van der Waals surface area (Å²) in [6.45, 7) is 2.00. The molecule has 2 aromatic rings. The first-order valence-electron chi connectivity index (χ1n) is 5.80. The van der Waals surface area contributed by atoms with Gasteiger partial charge in [-0.15, -0.1) is 0 Å². The van der Waals surface area contributed by atoms with Gasteiger partial charge in [-0.3, -0.25) is 4.98 Å². The van der Waals surface area contributed by atoms with Crippen LogP contribution in [0.5, 0.6) is 5.75 Å². The van der Waals surface area contributed by atoms with E-state index in [0.717, 1.165) is 16.7 Å². The van der Waals surface area contributed by atoms with E-state index in [0.29, 0.717) is 5.75 Å². The number of aromatic nitrogens is 1. The van der Waals surface area contributed by atoms with Gasteiger partial charge < -0.3 is 5.11 Å². The molecule has 0 aliphatic carbocycles. The number of nitrogens with zero attached hydrogens (tertiary/aromatic N) is 1. The molecule has 18 heavy (non-hydrogen) atoms. The lowest BCUT2D eigenvalue weighted by atomic mass is 10.1. The maximum Gasteiger partial charge on any atom is 0.122 e. The van der Waals surface area contributed by atoms with Crippen molar-refractivity contribution in [1.29, 1.82) is 0 Å². The summed E-state index contributed by atoms with van der Waals surface area (Å²) in [7, 11) is 0. The van der Waals surface area contributed by atoms with E-state index >= 15 is 0 Å². The largest absolute Gasteiger partial charge is 0.507 e. The van der Waals surface area contributed by atoms with Gasteiger partial charge in [0.2, 0.25) is 0 Å². The average molecular weight is 237 g/mol. The van der Waals surface area contributed by atoms with Crippen LogP contribution in [0.3, 0.4) is 0 Å². The predicted molar refractivity (Wildman–Crippen MR) is 75.0 cm³/mol. The molecule has 0 saturated carbocycles. The van der Waals surface area contributed by atoms with Gasteiger partial charge in [0.15, 0.2) is 0 Å². The summed E-state index contributed by atoms with van der Waals surface area (Å²) in [5, 5.41) is 9.67. The normalized spacial score (nSPS) is 11.9. The molecule has 2 nitrogen and oxygen atoms in total. The number of phenolic OH excluding ortho intramolecular Hbond substituents is 1. The summed E-state index contributed by atoms with van der Waals surface area (Å²) in [4.78, 5) is 3.97. The zero-order valence-electron chi connectivity index (χ0n) is 10.2. The highest BCUT2D eigenvalue weighted by atomic mass is 16.3. The Kier molecular flexibility index (Phi) is 3.92. The molecule has 2 heteroatoms. The number of hydrogen-bond acceptors (Lipinski definition) is 2. The van der Waals surface area contributed by atoms with Crippen molar-refractivity contribution in [1.82, 2.24) is 4.98 Å². The quantitative estimate of drug-likeness (QED) is 0.821. The number of allylic oxidation sites excluding steroid dienone is 2. The van der Waals surface area contributed by atoms with E-state index in [1.807, 2.05) is 55.5 Å². The van der Waals surface area contributed by atoms with Crippen molar-refractivity contribution < 1.29 is 5.11 Å². The number of benzene rings is 1. The second-order valence-electron chi connectivity index (χ2n) is 4.06. The van der Waals surface area contributed by atoms with Gasteiger partial charge in [0.05, 0.1) is 0 Å². The SMILES string of the molecule is CC(/C=C/c1ccncc1)=C\c1ccccc1O. The van der Waals surface area contributed by atoms with Crippen LogP contribution in [0.25, 0.3) is 12.2 Å². The van der Waals surface area contributed by atoms with Crippen LogP contribution in [0.15, 0.2) is 60.4 Å². The van der Waals surface area contributed by atoms with Crippen molar-refractivity contribution in [2.75, 3.05) is 0 Å². The summed E-state index contributed by atoms with van der Waals surface area (Å²) >= 11 is 0. The smallest absolute Gasteiger partial charge is 0.122 e. The van der Waals surface area contributed by atoms with Crippen molar-refractivity contribution in [2.45, 2.75) is 6.92 Å². The molecule has 0 fully saturated rings. The van der Waals surface area contributed by atoms with Gasteiger partial charge in [-0.25, -0.2) is 0 Å². The van der Waals surface area contributed by atoms with Crippen molar-refractivity contribution in [3.8, 4) is 5.75 Å². The average Bonchev–Trinajstić information content (AvgIpc) is 2.40. The molecular weight excluding hydrogens is 222 g/mol. The number of aromatic hydroxyl groups is 1. The van der Waals surface area contributed by atoms with Crippen LogP contribution in [0.2, 0.25) is 0 Å². The maximum atomic E-state index is 9.67. The summed E-state index contributed by atoms with van der Waals surface area (Å²) in [6.07, 6.45) is 9.52. The number of pyridine rings is 1. The third-order valence-corrected chi connectivity index (χ3v) is 2.56. The Morgan fingerprint density at radius 3 is 2.56 bits per heavy atom. The summed E-state index contributed by atoms with van der Waals surface area (Å²) in [5.41, 5.74) is 3.01. The predicted octanol–water partition coefficient (Wildman–Crippen LogP) is 3.90. The lowest BCUT2D eigenvalue weighted by Crippen LogP contribution is -1.76. The van der Waals surface area contributed by atoms with Gasteiger partial charge in [-0.1, -0.05) is 35.9 Å². The van der Waals surface area contributed by atoms with Crippen molar-refractivity contribution in [2.24, 2.45) is 0 Å². The van der Waals surface area contributed by atoms with Gasteiger partial charge in [-0.2, -0.15) is 0 Å². The van der Waals surface area contributed by atoms with Gasteiger partial charge in [0.1, 0.15) is 5.75 Å². The molecule has 0 radical (unpaired) electrons. The van der Waals surface area contributed by atoms with Crippen molar-refractivity contribution in [3.05, 3.63) is 71.6 Å². The van der Waals surface area contributed by atoms with Crippen LogP contribution in [-0.2, 0) is 0 Å². The second-order valence-corrected chi connectivity index (χ2v) is 4.06. The molecule has 0 spiro atoms. The van der Waals surface area contributed by atoms with Gasteiger partial charge >= 0.3 is 0 Å². The first-order chi connectivity index (χ1) is 8.75. The number of para-hydroxylation sites is 1. The lowest BCUT2D eigenvalue weighted by molar-refractivity contribution is 0.474. The van der Waals surface area contributed by atoms with E-state index in [9.17, 15) is 5.11 Å². The Hall–Kier alpha value is -2.35. The van der Waals surface area contributed by atoms with E-state index in [4.69, 9.17) is 0 Å². The molecule has 1 heterocycles. The Labute approximate surface area is 107 Å². The van der Waals surface area contributed by atoms with Crippen LogP contribution in [0.4, 0.5) is 0 Å². The standard InChI is InChI=1S/C16H15NO/c1-13(6-7-14-8-10-17-11-9-14)12-15-4-2-3-5-16(15)18/h2-12,18H,1H3/b7-6+,13-12+. The molecule has 2 rings (SSSR count). The van der Waals surface area contributed by atoms with Crippen molar-refractivity contribution in [3.63, 3.8) is 0 Å². The molecule has 0 atom stereocenters. The van der Waals surface area contributed by atoms with Crippen LogP contribution in [-0.4, -0.2) is 10.1 Å². The number of rotatable bonds is 3. The van der Waals surface area contributed by atoms with E-state index in [-0.39, 0.29) is 0 Å². The molecule has 0 aliphatic rings. The Bertz CT molecular complexity index is 571. The molecule has 0 bridgehead atoms. The fourth-order valence-corrected chi connectivity index (χ4v) is 1.61. The minimum atomic E-state index is 0.300. The lowest BCUT2D eigenvalue weighted by Gasteiger charge is -1.99. The number of phenols is 1. The van der Waals surface area contributed by atoms with Gasteiger partial charge in [-0.05, 0) is 36.8 Å².